The number of nitrogens with zero attached hydrogens (tertiary/aromatic N) is 3. The molecule has 5 heteroatoms. The Bertz CT molecular complexity index is 1180. The minimum absolute atomic E-state index is 0.0128. The highest BCUT2D eigenvalue weighted by molar-refractivity contribution is 7.15. The maximum Gasteiger partial charge on any atom is 0.274 e. The highest BCUT2D eigenvalue weighted by Crippen LogP contribution is 2.20. The largest absolute Gasteiger partial charge is 0.372 e. The molecule has 1 aliphatic rings. The number of anilines is 1. The van der Waals surface area contributed by atoms with E-state index in [0.29, 0.717) is 0 Å². The van der Waals surface area contributed by atoms with E-state index in [0.717, 1.165) is 39.2 Å². The van der Waals surface area contributed by atoms with E-state index in [1.807, 2.05) is 30.3 Å². The second kappa shape index (κ2) is 6.25. The van der Waals surface area contributed by atoms with Crippen LogP contribution in [0.4, 0.5) is 5.69 Å². The normalized spacial score (nSPS) is 16.0. The molecular formula is C21H19N3OS. The summed E-state index contributed by atoms with van der Waals surface area (Å²) in [6.45, 7) is 2.28. The van der Waals surface area contributed by atoms with Crippen molar-refractivity contribution >= 4 is 39.1 Å². The lowest BCUT2D eigenvalue weighted by molar-refractivity contribution is 0.578. The number of imidazole rings is 1. The van der Waals surface area contributed by atoms with Crippen molar-refractivity contribution in [1.29, 1.82) is 0 Å². The van der Waals surface area contributed by atoms with Crippen LogP contribution in [0.2, 0.25) is 0 Å². The fourth-order valence-electron chi connectivity index (χ4n) is 3.70. The fourth-order valence-corrected chi connectivity index (χ4v) is 4.68. The molecule has 0 atom stereocenters. The molecule has 2 aromatic carbocycles. The van der Waals surface area contributed by atoms with Crippen molar-refractivity contribution in [2.45, 2.75) is 19.3 Å². The summed E-state index contributed by atoms with van der Waals surface area (Å²) in [6.07, 6.45) is 5.85. The molecule has 0 saturated carbocycles. The van der Waals surface area contributed by atoms with Gasteiger partial charge in [0.25, 0.3) is 5.56 Å². The van der Waals surface area contributed by atoms with Crippen LogP contribution in [0, 0.1) is 0 Å². The second-order valence-corrected chi connectivity index (χ2v) is 7.78. The number of para-hydroxylation sites is 2. The summed E-state index contributed by atoms with van der Waals surface area (Å²) >= 11 is 1.45. The van der Waals surface area contributed by atoms with Crippen LogP contribution < -0.4 is 15.0 Å². The number of benzene rings is 2. The summed E-state index contributed by atoms with van der Waals surface area (Å²) in [4.78, 5) is 20.6. The van der Waals surface area contributed by atoms with Crippen molar-refractivity contribution in [3.63, 3.8) is 0 Å². The van der Waals surface area contributed by atoms with Crippen molar-refractivity contribution < 1.29 is 0 Å². The van der Waals surface area contributed by atoms with Crippen LogP contribution >= 0.6 is 11.3 Å². The first-order chi connectivity index (χ1) is 12.8. The van der Waals surface area contributed by atoms with Gasteiger partial charge in [-0.15, -0.1) is 0 Å². The number of hydrogen-bond donors (Lipinski definition) is 0. The molecule has 1 saturated heterocycles. The van der Waals surface area contributed by atoms with E-state index in [2.05, 4.69) is 34.1 Å². The zero-order chi connectivity index (χ0) is 17.5. The zero-order valence-corrected chi connectivity index (χ0v) is 15.2. The van der Waals surface area contributed by atoms with Gasteiger partial charge in [-0.2, -0.15) is 0 Å². The molecule has 1 aliphatic heterocycles. The van der Waals surface area contributed by atoms with E-state index in [4.69, 9.17) is 0 Å². The molecule has 3 heterocycles. The summed E-state index contributed by atoms with van der Waals surface area (Å²) < 4.78 is 2.44. The van der Waals surface area contributed by atoms with Gasteiger partial charge in [-0.05, 0) is 55.2 Å². The maximum atomic E-state index is 12.8. The fraction of sp³-hybridized carbons (Fsp3) is 0.238. The Morgan fingerprint density at radius 3 is 2.54 bits per heavy atom. The highest BCUT2D eigenvalue weighted by atomic mass is 32.1. The number of piperidine rings is 1. The number of thiazole rings is 1. The summed E-state index contributed by atoms with van der Waals surface area (Å²) in [7, 11) is 0. The molecule has 0 spiro atoms. The Kier molecular flexibility index (Phi) is 3.75. The van der Waals surface area contributed by atoms with Crippen LogP contribution in [0.5, 0.6) is 0 Å². The molecule has 0 N–H and O–H groups in total. The van der Waals surface area contributed by atoms with Crippen LogP contribution in [-0.2, 0) is 0 Å². The number of hydrogen-bond acceptors (Lipinski definition) is 4. The molecule has 26 heavy (non-hydrogen) atoms. The van der Waals surface area contributed by atoms with Crippen molar-refractivity contribution in [3.05, 3.63) is 69.0 Å². The van der Waals surface area contributed by atoms with Gasteiger partial charge >= 0.3 is 0 Å². The van der Waals surface area contributed by atoms with Gasteiger partial charge in [0.1, 0.15) is 0 Å². The van der Waals surface area contributed by atoms with E-state index in [9.17, 15) is 4.79 Å². The first-order valence-corrected chi connectivity index (χ1v) is 9.88. The Morgan fingerprint density at radius 2 is 1.73 bits per heavy atom. The van der Waals surface area contributed by atoms with Crippen LogP contribution in [0.25, 0.3) is 22.1 Å². The van der Waals surface area contributed by atoms with Gasteiger partial charge in [-0.3, -0.25) is 4.79 Å². The van der Waals surface area contributed by atoms with E-state index in [-0.39, 0.29) is 5.56 Å². The van der Waals surface area contributed by atoms with Gasteiger partial charge in [0.05, 0.1) is 15.6 Å². The summed E-state index contributed by atoms with van der Waals surface area (Å²) in [5, 5.41) is 0. The van der Waals surface area contributed by atoms with Gasteiger partial charge in [-0.25, -0.2) is 9.38 Å². The van der Waals surface area contributed by atoms with Crippen molar-refractivity contribution in [1.82, 2.24) is 9.38 Å². The molecule has 0 unspecified atom stereocenters. The third kappa shape index (κ3) is 2.59. The molecule has 2 aromatic heterocycles. The Balaban J connectivity index is 1.54. The molecule has 0 amide bonds. The average molecular weight is 361 g/mol. The maximum absolute atomic E-state index is 12.8. The van der Waals surface area contributed by atoms with Gasteiger partial charge in [0.2, 0.25) is 0 Å². The SMILES string of the molecule is O=c1/c(=C/c2ccc(N3CCCCC3)cc2)sc2nc3ccccc3n12. The van der Waals surface area contributed by atoms with Gasteiger partial charge in [-0.1, -0.05) is 35.6 Å². The first kappa shape index (κ1) is 15.6. The van der Waals surface area contributed by atoms with E-state index in [1.165, 1.54) is 36.3 Å². The molecule has 0 radical (unpaired) electrons. The quantitative estimate of drug-likeness (QED) is 0.549. The molecule has 0 bridgehead atoms. The predicted molar refractivity (Wildman–Crippen MR) is 108 cm³/mol. The Labute approximate surface area is 155 Å². The van der Waals surface area contributed by atoms with E-state index in [1.54, 1.807) is 4.40 Å². The monoisotopic (exact) mass is 361 g/mol. The number of aromatic nitrogens is 2. The van der Waals surface area contributed by atoms with Crippen LogP contribution in [-0.4, -0.2) is 22.5 Å². The second-order valence-electron chi connectivity index (χ2n) is 6.77. The molecule has 4 aromatic rings. The minimum Gasteiger partial charge on any atom is -0.372 e. The van der Waals surface area contributed by atoms with Crippen molar-refractivity contribution in [2.75, 3.05) is 18.0 Å². The van der Waals surface area contributed by atoms with Gasteiger partial charge in [0, 0.05) is 18.8 Å². The van der Waals surface area contributed by atoms with Crippen LogP contribution in [0.3, 0.4) is 0 Å². The van der Waals surface area contributed by atoms with Gasteiger partial charge in [0.15, 0.2) is 4.96 Å². The smallest absolute Gasteiger partial charge is 0.274 e. The lowest BCUT2D eigenvalue weighted by Gasteiger charge is -2.28. The molecular weight excluding hydrogens is 342 g/mol. The minimum atomic E-state index is 0.0128. The number of rotatable bonds is 2. The van der Waals surface area contributed by atoms with Gasteiger partial charge < -0.3 is 4.90 Å². The molecule has 130 valence electrons. The van der Waals surface area contributed by atoms with Crippen LogP contribution in [0.15, 0.2) is 53.3 Å². The average Bonchev–Trinajstić information content (AvgIpc) is 3.20. The molecule has 1 fully saturated rings. The third-order valence-corrected chi connectivity index (χ3v) is 6.03. The topological polar surface area (TPSA) is 37.6 Å². The third-order valence-electron chi connectivity index (χ3n) is 5.06. The summed E-state index contributed by atoms with van der Waals surface area (Å²) in [6, 6.07) is 16.3. The zero-order valence-electron chi connectivity index (χ0n) is 14.4. The first-order valence-electron chi connectivity index (χ1n) is 9.06. The lowest BCUT2D eigenvalue weighted by atomic mass is 10.1. The standard InChI is InChI=1S/C21H19N3OS/c25-20-19(26-21-22-17-6-2-3-7-18(17)24(20)21)14-15-8-10-16(11-9-15)23-12-4-1-5-13-23/h2-3,6-11,14H,1,4-5,12-13H2/b19-14-. The highest BCUT2D eigenvalue weighted by Gasteiger charge is 2.12. The molecule has 0 aliphatic carbocycles. The summed E-state index contributed by atoms with van der Waals surface area (Å²) in [5.74, 6) is 0. The Morgan fingerprint density at radius 1 is 0.962 bits per heavy atom. The van der Waals surface area contributed by atoms with Crippen molar-refractivity contribution in [2.24, 2.45) is 0 Å². The van der Waals surface area contributed by atoms with E-state index < -0.39 is 0 Å². The number of fused-ring (bicyclic) bond motifs is 3. The molecule has 5 rings (SSSR count). The lowest BCUT2D eigenvalue weighted by Crippen LogP contribution is -2.29. The van der Waals surface area contributed by atoms with Crippen molar-refractivity contribution in [3.8, 4) is 0 Å². The predicted octanol–water partition coefficient (Wildman–Crippen LogP) is 3.45. The van der Waals surface area contributed by atoms with Crippen LogP contribution in [0.1, 0.15) is 24.8 Å². The summed E-state index contributed by atoms with van der Waals surface area (Å²) in [5.41, 5.74) is 4.09. The molecule has 4 nitrogen and oxygen atoms in total. The van der Waals surface area contributed by atoms with E-state index >= 15 is 0 Å². The Hall–Kier alpha value is -2.66.